The van der Waals surface area contributed by atoms with Crippen LogP contribution < -0.4 is 4.72 Å². The van der Waals surface area contributed by atoms with E-state index in [0.29, 0.717) is 5.58 Å². The first-order valence-electron chi connectivity index (χ1n) is 7.25. The number of benzene rings is 2. The fraction of sp³-hybridized carbons (Fsp3) is 0.176. The number of rotatable bonds is 5. The van der Waals surface area contributed by atoms with Crippen LogP contribution in [-0.4, -0.2) is 20.1 Å². The lowest BCUT2D eigenvalue weighted by atomic mass is 10.0. The molecular formula is C17H16ClNO4S. The predicted octanol–water partition coefficient (Wildman–Crippen LogP) is 3.27. The molecule has 1 aromatic heterocycles. The van der Waals surface area contributed by atoms with E-state index in [1.165, 1.54) is 19.1 Å². The van der Waals surface area contributed by atoms with E-state index in [4.69, 9.17) is 16.0 Å². The minimum atomic E-state index is -3.85. The lowest BCUT2D eigenvalue weighted by molar-refractivity contribution is 0.0412. The first kappa shape index (κ1) is 17.0. The number of hydrogen-bond acceptors (Lipinski definition) is 4. The lowest BCUT2D eigenvalue weighted by Gasteiger charge is -2.21. The van der Waals surface area contributed by atoms with Crippen LogP contribution in [-0.2, 0) is 15.6 Å². The van der Waals surface area contributed by atoms with Gasteiger partial charge in [0, 0.05) is 11.9 Å². The van der Waals surface area contributed by atoms with Crippen LogP contribution in [0.25, 0.3) is 11.0 Å². The van der Waals surface area contributed by atoms with Gasteiger partial charge in [0.1, 0.15) is 21.8 Å². The van der Waals surface area contributed by atoms with E-state index in [0.717, 1.165) is 5.39 Å². The van der Waals surface area contributed by atoms with Crippen LogP contribution in [0.15, 0.2) is 63.9 Å². The van der Waals surface area contributed by atoms with Gasteiger partial charge in [0.2, 0.25) is 10.0 Å². The maximum atomic E-state index is 12.4. The molecule has 0 saturated heterocycles. The summed E-state index contributed by atoms with van der Waals surface area (Å²) in [6.07, 6.45) is 0. The molecule has 0 aliphatic heterocycles. The Balaban J connectivity index is 1.83. The molecular weight excluding hydrogens is 350 g/mol. The van der Waals surface area contributed by atoms with Gasteiger partial charge in [-0.05, 0) is 31.2 Å². The van der Waals surface area contributed by atoms with Crippen LogP contribution in [0.1, 0.15) is 12.7 Å². The quantitative estimate of drug-likeness (QED) is 0.727. The first-order valence-corrected chi connectivity index (χ1v) is 9.11. The average Bonchev–Trinajstić information content (AvgIpc) is 2.98. The Morgan fingerprint density at radius 1 is 1.17 bits per heavy atom. The minimum absolute atomic E-state index is 0.0351. The molecule has 5 nitrogen and oxygen atoms in total. The van der Waals surface area contributed by atoms with E-state index in [1.807, 2.05) is 18.2 Å². The molecule has 2 N–H and O–H groups in total. The van der Waals surface area contributed by atoms with Crippen LogP contribution in [0.3, 0.4) is 0 Å². The van der Waals surface area contributed by atoms with Gasteiger partial charge in [0.15, 0.2) is 0 Å². The molecule has 0 spiro atoms. The predicted molar refractivity (Wildman–Crippen MR) is 92.4 cm³/mol. The molecule has 1 atom stereocenters. The summed E-state index contributed by atoms with van der Waals surface area (Å²) in [6.45, 7) is 1.24. The van der Waals surface area contributed by atoms with Crippen molar-refractivity contribution in [3.63, 3.8) is 0 Å². The van der Waals surface area contributed by atoms with Crippen LogP contribution in [0.5, 0.6) is 0 Å². The second kappa shape index (κ2) is 6.22. The number of aliphatic hydroxyl groups is 1. The third-order valence-corrected chi connectivity index (χ3v) is 5.59. The van der Waals surface area contributed by atoms with Crippen LogP contribution in [0.2, 0.25) is 5.02 Å². The van der Waals surface area contributed by atoms with Gasteiger partial charge in [-0.25, -0.2) is 13.1 Å². The molecule has 7 heteroatoms. The van der Waals surface area contributed by atoms with Gasteiger partial charge >= 0.3 is 0 Å². The Kier molecular flexibility index (Phi) is 4.40. The van der Waals surface area contributed by atoms with Gasteiger partial charge < -0.3 is 9.52 Å². The summed E-state index contributed by atoms with van der Waals surface area (Å²) >= 11 is 5.93. The fourth-order valence-corrected chi connectivity index (χ4v) is 3.96. The third kappa shape index (κ3) is 3.32. The van der Waals surface area contributed by atoms with Crippen LogP contribution >= 0.6 is 11.6 Å². The smallest absolute Gasteiger partial charge is 0.242 e. The number of sulfonamides is 1. The summed E-state index contributed by atoms with van der Waals surface area (Å²) in [5.74, 6) is 0.283. The van der Waals surface area contributed by atoms with Crippen molar-refractivity contribution in [3.05, 3.63) is 65.4 Å². The van der Waals surface area contributed by atoms with Gasteiger partial charge in [0.25, 0.3) is 0 Å². The monoisotopic (exact) mass is 365 g/mol. The van der Waals surface area contributed by atoms with Crippen molar-refractivity contribution in [1.29, 1.82) is 0 Å². The Hall–Kier alpha value is -1.86. The number of nitrogens with one attached hydrogen (secondary N) is 1. The van der Waals surface area contributed by atoms with E-state index in [1.54, 1.807) is 24.3 Å². The average molecular weight is 366 g/mol. The summed E-state index contributed by atoms with van der Waals surface area (Å²) in [4.78, 5) is -0.0351. The molecule has 0 fully saturated rings. The largest absolute Gasteiger partial charge is 0.458 e. The van der Waals surface area contributed by atoms with Gasteiger partial charge in [-0.15, -0.1) is 0 Å². The SMILES string of the molecule is CC(O)(CNS(=O)(=O)c1ccccc1Cl)c1cc2ccccc2o1. The lowest BCUT2D eigenvalue weighted by Crippen LogP contribution is -2.38. The van der Waals surface area contributed by atoms with E-state index in [2.05, 4.69) is 4.72 Å². The second-order valence-electron chi connectivity index (χ2n) is 5.68. The maximum Gasteiger partial charge on any atom is 0.242 e. The topological polar surface area (TPSA) is 79.5 Å². The van der Waals surface area contributed by atoms with E-state index in [9.17, 15) is 13.5 Å². The highest BCUT2D eigenvalue weighted by molar-refractivity contribution is 7.89. The molecule has 1 unspecified atom stereocenters. The number of para-hydroxylation sites is 1. The summed E-state index contributed by atoms with van der Waals surface area (Å²) in [5.41, 5.74) is -0.880. The Morgan fingerprint density at radius 3 is 2.54 bits per heavy atom. The molecule has 0 amide bonds. The zero-order chi connectivity index (χ0) is 17.4. The second-order valence-corrected chi connectivity index (χ2v) is 7.82. The molecule has 2 aromatic carbocycles. The zero-order valence-corrected chi connectivity index (χ0v) is 14.4. The van der Waals surface area contributed by atoms with Crippen molar-refractivity contribution in [2.75, 3.05) is 6.54 Å². The van der Waals surface area contributed by atoms with Gasteiger partial charge in [-0.1, -0.05) is 41.9 Å². The third-order valence-electron chi connectivity index (χ3n) is 3.69. The molecule has 24 heavy (non-hydrogen) atoms. The van der Waals surface area contributed by atoms with Crippen molar-refractivity contribution >= 4 is 32.6 Å². The standard InChI is InChI=1S/C17H16ClNO4S/c1-17(20,16-10-12-6-2-4-8-14(12)23-16)11-19-24(21,22)15-9-5-3-7-13(15)18/h2-10,19-20H,11H2,1H3. The maximum absolute atomic E-state index is 12.4. The number of hydrogen-bond donors (Lipinski definition) is 2. The molecule has 0 bridgehead atoms. The highest BCUT2D eigenvalue weighted by atomic mass is 35.5. The van der Waals surface area contributed by atoms with Crippen molar-refractivity contribution in [1.82, 2.24) is 4.72 Å². The molecule has 0 aliphatic carbocycles. The summed E-state index contributed by atoms with van der Waals surface area (Å²) in [7, 11) is -3.85. The van der Waals surface area contributed by atoms with Crippen molar-refractivity contribution in [2.24, 2.45) is 0 Å². The highest BCUT2D eigenvalue weighted by Crippen LogP contribution is 2.28. The Labute approximate surface area is 144 Å². The van der Waals surface area contributed by atoms with E-state index < -0.39 is 15.6 Å². The molecule has 0 radical (unpaired) electrons. The van der Waals surface area contributed by atoms with Gasteiger partial charge in [-0.2, -0.15) is 0 Å². The minimum Gasteiger partial charge on any atom is -0.458 e. The summed E-state index contributed by atoms with van der Waals surface area (Å²) in [6, 6.07) is 15.1. The molecule has 0 saturated carbocycles. The number of furan rings is 1. The molecule has 126 valence electrons. The summed E-state index contributed by atoms with van der Waals surface area (Å²) in [5, 5.41) is 11.6. The molecule has 3 aromatic rings. The number of halogens is 1. The zero-order valence-electron chi connectivity index (χ0n) is 12.9. The Morgan fingerprint density at radius 2 is 1.83 bits per heavy atom. The van der Waals surface area contributed by atoms with Gasteiger partial charge in [0.05, 0.1) is 5.02 Å². The van der Waals surface area contributed by atoms with E-state index in [-0.39, 0.29) is 22.2 Å². The molecule has 0 aliphatic rings. The van der Waals surface area contributed by atoms with Crippen molar-refractivity contribution < 1.29 is 17.9 Å². The van der Waals surface area contributed by atoms with Crippen molar-refractivity contribution in [3.8, 4) is 0 Å². The van der Waals surface area contributed by atoms with Crippen molar-refractivity contribution in [2.45, 2.75) is 17.4 Å². The van der Waals surface area contributed by atoms with Crippen LogP contribution in [0.4, 0.5) is 0 Å². The Bertz CT molecular complexity index is 946. The first-order chi connectivity index (χ1) is 11.3. The number of fused-ring (bicyclic) bond motifs is 1. The van der Waals surface area contributed by atoms with Gasteiger partial charge in [-0.3, -0.25) is 0 Å². The van der Waals surface area contributed by atoms with E-state index >= 15 is 0 Å². The normalized spacial score (nSPS) is 14.6. The highest BCUT2D eigenvalue weighted by Gasteiger charge is 2.30. The molecule has 3 rings (SSSR count). The molecule has 1 heterocycles. The fourth-order valence-electron chi connectivity index (χ4n) is 2.31. The van der Waals surface area contributed by atoms with Crippen LogP contribution in [0, 0.1) is 0 Å². The summed E-state index contributed by atoms with van der Waals surface area (Å²) < 4.78 is 32.7.